The number of thiophene rings is 2. The van der Waals surface area contributed by atoms with Crippen LogP contribution in [0.1, 0.15) is 0 Å². The molecule has 7 aromatic carbocycles. The Morgan fingerprint density at radius 3 is 1.63 bits per heavy atom. The molecule has 6 heteroatoms. The number of hydrogen-bond acceptors (Lipinski definition) is 6. The van der Waals surface area contributed by atoms with E-state index < -0.39 is 0 Å². The third-order valence-electron chi connectivity index (χ3n) is 9.33. The molecule has 240 valence electrons. The van der Waals surface area contributed by atoms with Crippen LogP contribution in [0.5, 0.6) is 0 Å². The molecule has 0 amide bonds. The number of hydrogen-bond donors (Lipinski definition) is 0. The predicted molar refractivity (Wildman–Crippen MR) is 217 cm³/mol. The SMILES string of the molecule is c1ccc(-c2ccc3c(c2)sc2cc(-c4nc(-c5ccccc5)nc(N(c5ccccc5)c5ccc6sc7ccccc7c6c5)n4)ccc23)cc1. The van der Waals surface area contributed by atoms with E-state index >= 15 is 0 Å². The fourth-order valence-electron chi connectivity index (χ4n) is 6.85. The maximum absolute atomic E-state index is 5.24. The van der Waals surface area contributed by atoms with Gasteiger partial charge in [-0.25, -0.2) is 4.98 Å². The molecule has 51 heavy (non-hydrogen) atoms. The van der Waals surface area contributed by atoms with Crippen molar-refractivity contribution in [1.82, 2.24) is 15.0 Å². The first kappa shape index (κ1) is 29.7. The molecule has 10 aromatic rings. The fourth-order valence-corrected chi connectivity index (χ4v) is 9.12. The smallest absolute Gasteiger partial charge is 0.238 e. The second-order valence-electron chi connectivity index (χ2n) is 12.5. The van der Waals surface area contributed by atoms with Crippen molar-refractivity contribution in [3.63, 3.8) is 0 Å². The van der Waals surface area contributed by atoms with Crippen molar-refractivity contribution in [1.29, 1.82) is 0 Å². The lowest BCUT2D eigenvalue weighted by Crippen LogP contribution is -2.15. The Labute approximate surface area is 302 Å². The molecule has 0 aliphatic carbocycles. The van der Waals surface area contributed by atoms with E-state index in [4.69, 9.17) is 15.0 Å². The summed E-state index contributed by atoms with van der Waals surface area (Å²) in [7, 11) is 0. The van der Waals surface area contributed by atoms with Gasteiger partial charge in [-0.3, -0.25) is 4.90 Å². The average Bonchev–Trinajstić information content (AvgIpc) is 3.76. The summed E-state index contributed by atoms with van der Waals surface area (Å²) in [6, 6.07) is 59.7. The topological polar surface area (TPSA) is 41.9 Å². The van der Waals surface area contributed by atoms with Crippen LogP contribution in [0.3, 0.4) is 0 Å². The van der Waals surface area contributed by atoms with E-state index in [1.807, 2.05) is 35.6 Å². The molecule has 0 atom stereocenters. The summed E-state index contributed by atoms with van der Waals surface area (Å²) < 4.78 is 4.99. The molecule has 0 bridgehead atoms. The molecule has 0 spiro atoms. The van der Waals surface area contributed by atoms with Crippen molar-refractivity contribution in [2.45, 2.75) is 0 Å². The Bertz CT molecular complexity index is 2860. The second kappa shape index (κ2) is 12.3. The first-order valence-electron chi connectivity index (χ1n) is 16.9. The molecule has 4 nitrogen and oxygen atoms in total. The minimum absolute atomic E-state index is 0.563. The number of anilines is 3. The first-order chi connectivity index (χ1) is 25.2. The summed E-state index contributed by atoms with van der Waals surface area (Å²) >= 11 is 3.62. The van der Waals surface area contributed by atoms with Crippen LogP contribution in [-0.4, -0.2) is 15.0 Å². The Balaban J connectivity index is 1.15. The number of fused-ring (bicyclic) bond motifs is 6. The second-order valence-corrected chi connectivity index (χ2v) is 14.7. The van der Waals surface area contributed by atoms with Crippen LogP contribution in [0.4, 0.5) is 17.3 Å². The maximum atomic E-state index is 5.24. The molecule has 0 radical (unpaired) electrons. The third kappa shape index (κ3) is 5.33. The zero-order valence-electron chi connectivity index (χ0n) is 27.3. The third-order valence-corrected chi connectivity index (χ3v) is 11.6. The highest BCUT2D eigenvalue weighted by atomic mass is 32.1. The zero-order valence-corrected chi connectivity index (χ0v) is 28.9. The van der Waals surface area contributed by atoms with Gasteiger partial charge in [-0.1, -0.05) is 121 Å². The lowest BCUT2D eigenvalue weighted by Gasteiger charge is -2.24. The van der Waals surface area contributed by atoms with Gasteiger partial charge in [-0.05, 0) is 59.7 Å². The molecule has 0 aliphatic heterocycles. The normalized spacial score (nSPS) is 11.5. The Morgan fingerprint density at radius 2 is 0.882 bits per heavy atom. The molecular weight excluding hydrogens is 661 g/mol. The molecule has 10 rings (SSSR count). The zero-order chi connectivity index (χ0) is 33.7. The van der Waals surface area contributed by atoms with Gasteiger partial charge in [0, 0.05) is 62.8 Å². The van der Waals surface area contributed by atoms with Gasteiger partial charge in [0.25, 0.3) is 0 Å². The maximum Gasteiger partial charge on any atom is 0.238 e. The molecule has 3 heterocycles. The van der Waals surface area contributed by atoms with Gasteiger partial charge < -0.3 is 0 Å². The van der Waals surface area contributed by atoms with E-state index in [0.29, 0.717) is 17.6 Å². The molecule has 0 unspecified atom stereocenters. The van der Waals surface area contributed by atoms with Crippen LogP contribution in [0.2, 0.25) is 0 Å². The number of nitrogens with zero attached hydrogens (tertiary/aromatic N) is 4. The highest BCUT2D eigenvalue weighted by molar-refractivity contribution is 7.26. The summed E-state index contributed by atoms with van der Waals surface area (Å²) in [5.41, 5.74) is 6.29. The molecular formula is C45H28N4S2. The van der Waals surface area contributed by atoms with Crippen LogP contribution < -0.4 is 4.90 Å². The minimum Gasteiger partial charge on any atom is -0.279 e. The molecule has 0 saturated heterocycles. The van der Waals surface area contributed by atoms with E-state index in [0.717, 1.165) is 22.5 Å². The molecule has 3 aromatic heterocycles. The highest BCUT2D eigenvalue weighted by Crippen LogP contribution is 2.41. The average molecular weight is 689 g/mol. The van der Waals surface area contributed by atoms with Gasteiger partial charge in [0.2, 0.25) is 5.95 Å². The van der Waals surface area contributed by atoms with E-state index in [2.05, 4.69) is 150 Å². The summed E-state index contributed by atoms with van der Waals surface area (Å²) in [4.78, 5) is 17.6. The van der Waals surface area contributed by atoms with Crippen molar-refractivity contribution in [3.8, 4) is 33.9 Å². The summed E-state index contributed by atoms with van der Waals surface area (Å²) in [6.45, 7) is 0. The first-order valence-corrected chi connectivity index (χ1v) is 18.5. The Hall–Kier alpha value is -6.21. The Morgan fingerprint density at radius 1 is 0.333 bits per heavy atom. The van der Waals surface area contributed by atoms with Gasteiger partial charge in [-0.2, -0.15) is 9.97 Å². The summed E-state index contributed by atoms with van der Waals surface area (Å²) in [5.74, 6) is 1.82. The number of aromatic nitrogens is 3. The van der Waals surface area contributed by atoms with E-state index in [1.54, 1.807) is 11.3 Å². The number of benzene rings is 7. The van der Waals surface area contributed by atoms with Crippen LogP contribution >= 0.6 is 22.7 Å². The van der Waals surface area contributed by atoms with Crippen LogP contribution in [-0.2, 0) is 0 Å². The summed E-state index contributed by atoms with van der Waals surface area (Å²) in [5, 5.41) is 4.96. The number of rotatable bonds is 6. The van der Waals surface area contributed by atoms with Gasteiger partial charge in [0.1, 0.15) is 0 Å². The highest BCUT2D eigenvalue weighted by Gasteiger charge is 2.21. The Kier molecular flexibility index (Phi) is 7.15. The van der Waals surface area contributed by atoms with Gasteiger partial charge in [0.05, 0.1) is 0 Å². The van der Waals surface area contributed by atoms with Crippen LogP contribution in [0, 0.1) is 0 Å². The minimum atomic E-state index is 0.563. The van der Waals surface area contributed by atoms with Crippen molar-refractivity contribution < 1.29 is 0 Å². The lowest BCUT2D eigenvalue weighted by molar-refractivity contribution is 1.02. The van der Waals surface area contributed by atoms with Crippen LogP contribution in [0.15, 0.2) is 170 Å². The fraction of sp³-hybridized carbons (Fsp3) is 0. The van der Waals surface area contributed by atoms with Crippen molar-refractivity contribution >= 4 is 80.3 Å². The summed E-state index contributed by atoms with van der Waals surface area (Å²) in [6.07, 6.45) is 0. The standard InChI is InChI=1S/C45H28N4S2/c1-4-12-29(13-5-1)31-20-23-36-37-24-21-32(27-42(37)51-41(36)26-31)44-46-43(30-14-6-2-7-15-30)47-45(48-44)49(33-16-8-3-9-17-33)34-22-25-40-38(28-34)35-18-10-11-19-39(35)50-40/h1-28H. The molecule has 0 saturated carbocycles. The predicted octanol–water partition coefficient (Wildman–Crippen LogP) is 13.1. The lowest BCUT2D eigenvalue weighted by atomic mass is 10.0. The van der Waals surface area contributed by atoms with Gasteiger partial charge in [0.15, 0.2) is 11.6 Å². The quantitative estimate of drug-likeness (QED) is 0.174. The molecule has 0 fully saturated rings. The van der Waals surface area contributed by atoms with Gasteiger partial charge in [-0.15, -0.1) is 22.7 Å². The van der Waals surface area contributed by atoms with Gasteiger partial charge >= 0.3 is 0 Å². The monoisotopic (exact) mass is 688 g/mol. The largest absolute Gasteiger partial charge is 0.279 e. The van der Waals surface area contributed by atoms with E-state index in [-0.39, 0.29) is 0 Å². The van der Waals surface area contributed by atoms with Crippen molar-refractivity contribution in [2.75, 3.05) is 4.90 Å². The van der Waals surface area contributed by atoms with Crippen molar-refractivity contribution in [2.24, 2.45) is 0 Å². The van der Waals surface area contributed by atoms with Crippen LogP contribution in [0.25, 0.3) is 74.2 Å². The van der Waals surface area contributed by atoms with Crippen molar-refractivity contribution in [3.05, 3.63) is 170 Å². The van der Waals surface area contributed by atoms with E-state index in [9.17, 15) is 0 Å². The number of para-hydroxylation sites is 1. The molecule has 0 aliphatic rings. The molecule has 0 N–H and O–H groups in total. The van der Waals surface area contributed by atoms with E-state index in [1.165, 1.54) is 51.5 Å².